The summed E-state index contributed by atoms with van der Waals surface area (Å²) in [6, 6.07) is 0.436. The van der Waals surface area contributed by atoms with Gasteiger partial charge in [0.05, 0.1) is 0 Å². The highest BCUT2D eigenvalue weighted by Crippen LogP contribution is 2.20. The minimum absolute atomic E-state index is 0. The molecule has 5 nitrogen and oxygen atoms in total. The van der Waals surface area contributed by atoms with Crippen molar-refractivity contribution in [2.45, 2.75) is 39.7 Å². The maximum atomic E-state index is 8.89. The van der Waals surface area contributed by atoms with Crippen LogP contribution in [-0.4, -0.2) is 25.1 Å². The minimum atomic E-state index is -1.08. The Balaban J connectivity index is 0. The van der Waals surface area contributed by atoms with Crippen molar-refractivity contribution in [2.75, 3.05) is 13.1 Å². The zero-order valence-electron chi connectivity index (χ0n) is 11.0. The van der Waals surface area contributed by atoms with Crippen molar-refractivity contribution in [3.63, 3.8) is 0 Å². The molecule has 16 heavy (non-hydrogen) atoms. The third-order valence-corrected chi connectivity index (χ3v) is 2.95. The first-order valence-corrected chi connectivity index (χ1v) is 5.66. The summed E-state index contributed by atoms with van der Waals surface area (Å²) >= 11 is 0. The molecule has 5 heteroatoms. The monoisotopic (exact) mass is 233 g/mol. The van der Waals surface area contributed by atoms with Gasteiger partial charge in [-0.25, -0.2) is 0 Å². The normalized spacial score (nSPS) is 28.4. The first-order valence-electron chi connectivity index (χ1n) is 5.66. The summed E-state index contributed by atoms with van der Waals surface area (Å²) in [5.74, 6) is 0.322. The molecule has 0 spiro atoms. The van der Waals surface area contributed by atoms with Crippen LogP contribution in [0.25, 0.3) is 0 Å². The van der Waals surface area contributed by atoms with Crippen LogP contribution in [-0.2, 0) is 4.79 Å². The van der Waals surface area contributed by atoms with Gasteiger partial charge in [0.25, 0.3) is 0 Å². The predicted octanol–water partition coefficient (Wildman–Crippen LogP) is 0.102. The van der Waals surface area contributed by atoms with Crippen LogP contribution in [0.2, 0.25) is 0 Å². The molecule has 0 aromatic rings. The average Bonchev–Trinajstić information content (AvgIpc) is 2.17. The van der Waals surface area contributed by atoms with Crippen molar-refractivity contribution in [2.24, 2.45) is 17.6 Å². The number of aliphatic carboxylic acids is 1. The fourth-order valence-corrected chi connectivity index (χ4v) is 1.94. The molecular formula is C11H27N3O2. The van der Waals surface area contributed by atoms with Gasteiger partial charge in [0.15, 0.2) is 0 Å². The second-order valence-electron chi connectivity index (χ2n) is 4.06. The molecule has 0 bridgehead atoms. The van der Waals surface area contributed by atoms with Crippen molar-refractivity contribution < 1.29 is 9.90 Å². The topological polar surface area (TPSA) is 115 Å². The number of hydrogen-bond acceptors (Lipinski definition) is 4. The van der Waals surface area contributed by atoms with E-state index in [4.69, 9.17) is 15.6 Å². The molecule has 1 rings (SSSR count). The lowest BCUT2D eigenvalue weighted by Crippen LogP contribution is -2.51. The summed E-state index contributed by atoms with van der Waals surface area (Å²) in [7, 11) is 0. The molecule has 0 amide bonds. The largest absolute Gasteiger partial charge is 0.550 e. The molecule has 0 radical (unpaired) electrons. The zero-order valence-corrected chi connectivity index (χ0v) is 11.0. The molecule has 1 aliphatic rings. The number of carbonyl (C=O) groups is 1. The third-order valence-electron chi connectivity index (χ3n) is 2.95. The fourth-order valence-electron chi connectivity index (χ4n) is 1.94. The van der Waals surface area contributed by atoms with Crippen LogP contribution in [0.15, 0.2) is 0 Å². The molecule has 0 aromatic heterocycles. The maximum absolute atomic E-state index is 8.89. The van der Waals surface area contributed by atoms with Crippen molar-refractivity contribution in [1.82, 2.24) is 11.5 Å². The van der Waals surface area contributed by atoms with Crippen molar-refractivity contribution >= 4 is 5.97 Å². The number of quaternary nitrogens is 1. The van der Waals surface area contributed by atoms with Crippen LogP contribution in [0.1, 0.15) is 33.6 Å². The summed E-state index contributed by atoms with van der Waals surface area (Å²) in [5.41, 5.74) is 6.10. The summed E-state index contributed by atoms with van der Waals surface area (Å²) in [4.78, 5) is 8.89. The Hall–Kier alpha value is -0.650. The van der Waals surface area contributed by atoms with Gasteiger partial charge in [-0.05, 0) is 31.8 Å². The van der Waals surface area contributed by atoms with Gasteiger partial charge in [-0.1, -0.05) is 26.7 Å². The van der Waals surface area contributed by atoms with Crippen LogP contribution in [0.4, 0.5) is 0 Å². The highest BCUT2D eigenvalue weighted by Gasteiger charge is 2.27. The summed E-state index contributed by atoms with van der Waals surface area (Å²) in [5, 5.41) is 12.3. The lowest BCUT2D eigenvalue weighted by atomic mass is 9.82. The van der Waals surface area contributed by atoms with E-state index in [0.717, 1.165) is 20.0 Å². The van der Waals surface area contributed by atoms with Gasteiger partial charge in [-0.15, -0.1) is 0 Å². The van der Waals surface area contributed by atoms with Crippen LogP contribution in [0, 0.1) is 11.8 Å². The second kappa shape index (κ2) is 9.57. The molecule has 1 aliphatic heterocycles. The Morgan fingerprint density at radius 2 is 1.62 bits per heavy atom. The second-order valence-corrected chi connectivity index (χ2v) is 4.06. The third kappa shape index (κ3) is 6.76. The Morgan fingerprint density at radius 3 is 1.88 bits per heavy atom. The van der Waals surface area contributed by atoms with E-state index in [0.29, 0.717) is 17.9 Å². The van der Waals surface area contributed by atoms with Crippen LogP contribution in [0.3, 0.4) is 0 Å². The number of nitrogens with two attached hydrogens (primary N) is 1. The Kier molecular flexibility index (Phi) is 10.6. The molecule has 7 N–H and O–H groups in total. The van der Waals surface area contributed by atoms with E-state index in [9.17, 15) is 0 Å². The molecule has 1 fully saturated rings. The smallest absolute Gasteiger partial charge is 0.0383 e. The molecule has 2 atom stereocenters. The maximum Gasteiger partial charge on any atom is 0.0383 e. The highest BCUT2D eigenvalue weighted by atomic mass is 16.4. The Bertz CT molecular complexity index is 172. The van der Waals surface area contributed by atoms with E-state index in [2.05, 4.69) is 19.2 Å². The van der Waals surface area contributed by atoms with Gasteiger partial charge in [0.1, 0.15) is 0 Å². The number of carboxylic acids is 1. The summed E-state index contributed by atoms with van der Waals surface area (Å²) in [6.07, 6.45) is 2.43. The van der Waals surface area contributed by atoms with Gasteiger partial charge < -0.3 is 27.1 Å². The molecule has 1 heterocycles. The number of hydrogen-bond donors (Lipinski definition) is 3. The van der Waals surface area contributed by atoms with E-state index >= 15 is 0 Å². The Morgan fingerprint density at radius 1 is 1.31 bits per heavy atom. The van der Waals surface area contributed by atoms with Gasteiger partial charge in [0.2, 0.25) is 0 Å². The molecule has 0 aliphatic carbocycles. The fraction of sp³-hybridized carbons (Fsp3) is 0.909. The van der Waals surface area contributed by atoms with Crippen molar-refractivity contribution in [3.8, 4) is 0 Å². The van der Waals surface area contributed by atoms with E-state index in [-0.39, 0.29) is 6.15 Å². The standard InChI is InChI=1S/C9H20N2.C2H4O2.H3N/c1-3-7-5-11-6-8(4-2)9(7)10;1-2(3)4;/h7-9,11H,3-6,10H2,1-2H3;1H3,(H,3,4);1H3. The molecule has 0 aromatic carbocycles. The van der Waals surface area contributed by atoms with Gasteiger partial charge in [0, 0.05) is 12.0 Å². The number of piperidine rings is 1. The molecule has 1 saturated heterocycles. The lowest BCUT2D eigenvalue weighted by molar-refractivity contribution is -0.302. The van der Waals surface area contributed by atoms with Crippen LogP contribution in [0.5, 0.6) is 0 Å². The van der Waals surface area contributed by atoms with Crippen LogP contribution >= 0.6 is 0 Å². The zero-order chi connectivity index (χ0) is 11.8. The molecule has 2 unspecified atom stereocenters. The molecular weight excluding hydrogens is 206 g/mol. The number of carboxylic acid groups (broad SMARTS) is 1. The van der Waals surface area contributed by atoms with Crippen molar-refractivity contribution in [1.29, 1.82) is 0 Å². The minimum Gasteiger partial charge on any atom is -0.550 e. The van der Waals surface area contributed by atoms with Crippen LogP contribution < -0.4 is 22.3 Å². The van der Waals surface area contributed by atoms with E-state index < -0.39 is 5.97 Å². The molecule has 98 valence electrons. The average molecular weight is 233 g/mol. The van der Waals surface area contributed by atoms with E-state index in [1.165, 1.54) is 12.8 Å². The first-order chi connectivity index (χ1) is 7.02. The first kappa shape index (κ1) is 17.7. The summed E-state index contributed by atoms with van der Waals surface area (Å²) < 4.78 is 0. The van der Waals surface area contributed by atoms with Gasteiger partial charge in [-0.3, -0.25) is 0 Å². The predicted molar refractivity (Wildman–Crippen MR) is 65.1 cm³/mol. The quantitative estimate of drug-likeness (QED) is 0.627. The number of carbonyl (C=O) groups excluding carboxylic acids is 1. The van der Waals surface area contributed by atoms with Gasteiger partial charge in [-0.2, -0.15) is 0 Å². The summed E-state index contributed by atoms with van der Waals surface area (Å²) in [6.45, 7) is 7.66. The number of rotatable bonds is 2. The highest BCUT2D eigenvalue weighted by molar-refractivity contribution is 5.60. The van der Waals surface area contributed by atoms with Gasteiger partial charge >= 0.3 is 0 Å². The number of nitrogens with one attached hydrogen (secondary N) is 1. The lowest BCUT2D eigenvalue weighted by Gasteiger charge is -2.35. The SMILES string of the molecule is CC(=O)[O-].CCC1CNCC(CC)C1N.[NH4+]. The van der Waals surface area contributed by atoms with Crippen molar-refractivity contribution in [3.05, 3.63) is 0 Å². The van der Waals surface area contributed by atoms with E-state index in [1.54, 1.807) is 0 Å². The Labute approximate surface area is 98.4 Å². The van der Waals surface area contributed by atoms with E-state index in [1.807, 2.05) is 0 Å². The molecule has 0 saturated carbocycles.